The molecule has 6 nitrogen and oxygen atoms in total. The zero-order chi connectivity index (χ0) is 19.4. The molecule has 0 saturated heterocycles. The van der Waals surface area contributed by atoms with Crippen LogP contribution in [0.4, 0.5) is 4.79 Å². The molecule has 2 amide bonds. The molecule has 3 rings (SSSR count). The van der Waals surface area contributed by atoms with E-state index in [9.17, 15) is 13.2 Å². The molecule has 1 unspecified atom stereocenters. The van der Waals surface area contributed by atoms with Crippen LogP contribution in [0, 0.1) is 0 Å². The van der Waals surface area contributed by atoms with E-state index in [-0.39, 0.29) is 18.6 Å². The molecular formula is C20H25N3O3S. The van der Waals surface area contributed by atoms with Crippen LogP contribution in [-0.4, -0.2) is 32.1 Å². The summed E-state index contributed by atoms with van der Waals surface area (Å²) in [6.45, 7) is 3.38. The zero-order valence-corrected chi connectivity index (χ0v) is 16.4. The van der Waals surface area contributed by atoms with Gasteiger partial charge in [-0.25, -0.2) is 17.9 Å². The zero-order valence-electron chi connectivity index (χ0n) is 15.6. The molecular weight excluding hydrogens is 362 g/mol. The standard InChI is InChI=1S/C20H25N3O3S/c1-15-19-9-4-3-8-18(19)10-11-23(15)20(24)21-13-16-6-5-7-17(12-16)14-22-27(2,25)26/h3-9,12,15,22H,10-11,13-14H2,1-2H3,(H,21,24). The first-order valence-corrected chi connectivity index (χ1v) is 10.9. The van der Waals surface area contributed by atoms with E-state index in [0.29, 0.717) is 13.1 Å². The predicted octanol–water partition coefficient (Wildman–Crippen LogP) is 2.56. The fraction of sp³-hybridized carbons (Fsp3) is 0.350. The maximum atomic E-state index is 12.7. The number of benzene rings is 2. The van der Waals surface area contributed by atoms with E-state index in [1.54, 1.807) is 0 Å². The molecule has 2 aromatic carbocycles. The largest absolute Gasteiger partial charge is 0.334 e. The minimum atomic E-state index is -3.23. The summed E-state index contributed by atoms with van der Waals surface area (Å²) in [5.74, 6) is 0. The molecule has 7 heteroatoms. The quantitative estimate of drug-likeness (QED) is 0.828. The van der Waals surface area contributed by atoms with Gasteiger partial charge in [0.15, 0.2) is 0 Å². The molecule has 144 valence electrons. The fourth-order valence-corrected chi connectivity index (χ4v) is 3.82. The highest BCUT2D eigenvalue weighted by molar-refractivity contribution is 7.88. The van der Waals surface area contributed by atoms with Gasteiger partial charge in [0.2, 0.25) is 10.0 Å². The van der Waals surface area contributed by atoms with Crippen molar-refractivity contribution in [3.8, 4) is 0 Å². The van der Waals surface area contributed by atoms with Gasteiger partial charge in [-0.15, -0.1) is 0 Å². The van der Waals surface area contributed by atoms with E-state index in [0.717, 1.165) is 23.8 Å². The Hall–Kier alpha value is -2.38. The van der Waals surface area contributed by atoms with Crippen LogP contribution >= 0.6 is 0 Å². The van der Waals surface area contributed by atoms with Crippen molar-refractivity contribution in [2.75, 3.05) is 12.8 Å². The van der Waals surface area contributed by atoms with Crippen molar-refractivity contribution < 1.29 is 13.2 Å². The molecule has 2 aromatic rings. The summed E-state index contributed by atoms with van der Waals surface area (Å²) in [6, 6.07) is 15.7. The Morgan fingerprint density at radius 2 is 1.81 bits per heavy atom. The smallest absolute Gasteiger partial charge is 0.318 e. The maximum Gasteiger partial charge on any atom is 0.318 e. The highest BCUT2D eigenvalue weighted by atomic mass is 32.2. The third-order valence-corrected chi connectivity index (χ3v) is 5.50. The molecule has 1 atom stereocenters. The van der Waals surface area contributed by atoms with Gasteiger partial charge in [-0.05, 0) is 35.6 Å². The van der Waals surface area contributed by atoms with Gasteiger partial charge in [0.05, 0.1) is 12.3 Å². The molecule has 1 heterocycles. The first kappa shape index (κ1) is 19.4. The number of carbonyl (C=O) groups is 1. The Morgan fingerprint density at radius 3 is 2.56 bits per heavy atom. The van der Waals surface area contributed by atoms with Crippen molar-refractivity contribution in [2.24, 2.45) is 0 Å². The number of carbonyl (C=O) groups excluding carboxylic acids is 1. The molecule has 0 fully saturated rings. The number of nitrogens with one attached hydrogen (secondary N) is 2. The summed E-state index contributed by atoms with van der Waals surface area (Å²) in [6.07, 6.45) is 2.00. The van der Waals surface area contributed by atoms with Crippen LogP contribution in [0.25, 0.3) is 0 Å². The molecule has 1 aliphatic heterocycles. The van der Waals surface area contributed by atoms with Gasteiger partial charge < -0.3 is 10.2 Å². The van der Waals surface area contributed by atoms with Crippen molar-refractivity contribution in [3.63, 3.8) is 0 Å². The minimum Gasteiger partial charge on any atom is -0.334 e. The number of fused-ring (bicyclic) bond motifs is 1. The predicted molar refractivity (Wildman–Crippen MR) is 106 cm³/mol. The fourth-order valence-electron chi connectivity index (χ4n) is 3.39. The summed E-state index contributed by atoms with van der Waals surface area (Å²) in [5, 5.41) is 2.98. The monoisotopic (exact) mass is 387 g/mol. The summed E-state index contributed by atoms with van der Waals surface area (Å²) < 4.78 is 24.9. The topological polar surface area (TPSA) is 78.5 Å². The normalized spacial score (nSPS) is 16.7. The van der Waals surface area contributed by atoms with Crippen molar-refractivity contribution in [1.82, 2.24) is 14.9 Å². The molecule has 0 bridgehead atoms. The summed E-state index contributed by atoms with van der Waals surface area (Å²) in [7, 11) is -3.23. The SMILES string of the molecule is CC1c2ccccc2CCN1C(=O)NCc1cccc(CNS(C)(=O)=O)c1. The Morgan fingerprint density at radius 1 is 1.11 bits per heavy atom. The molecule has 1 aliphatic rings. The molecule has 0 radical (unpaired) electrons. The third-order valence-electron chi connectivity index (χ3n) is 4.83. The number of hydrogen-bond donors (Lipinski definition) is 2. The highest BCUT2D eigenvalue weighted by Gasteiger charge is 2.26. The number of nitrogens with zero attached hydrogens (tertiary/aromatic N) is 1. The van der Waals surface area contributed by atoms with E-state index < -0.39 is 10.0 Å². The third kappa shape index (κ3) is 5.08. The average molecular weight is 388 g/mol. The van der Waals surface area contributed by atoms with Crippen molar-refractivity contribution >= 4 is 16.1 Å². The van der Waals surface area contributed by atoms with Crippen LogP contribution in [0.15, 0.2) is 48.5 Å². The van der Waals surface area contributed by atoms with E-state index in [2.05, 4.69) is 29.1 Å². The van der Waals surface area contributed by atoms with Gasteiger partial charge in [-0.3, -0.25) is 0 Å². The molecule has 2 N–H and O–H groups in total. The van der Waals surface area contributed by atoms with Crippen LogP contribution in [0.5, 0.6) is 0 Å². The van der Waals surface area contributed by atoms with Crippen LogP contribution in [0.3, 0.4) is 0 Å². The Labute approximate surface area is 160 Å². The van der Waals surface area contributed by atoms with Crippen LogP contribution in [0.2, 0.25) is 0 Å². The summed E-state index contributed by atoms with van der Waals surface area (Å²) >= 11 is 0. The van der Waals surface area contributed by atoms with Gasteiger partial charge in [0, 0.05) is 19.6 Å². The van der Waals surface area contributed by atoms with Gasteiger partial charge in [0.1, 0.15) is 0 Å². The van der Waals surface area contributed by atoms with Crippen LogP contribution in [0.1, 0.15) is 35.2 Å². The lowest BCUT2D eigenvalue weighted by Gasteiger charge is -2.35. The van der Waals surface area contributed by atoms with Crippen molar-refractivity contribution in [1.29, 1.82) is 0 Å². The molecule has 0 spiro atoms. The lowest BCUT2D eigenvalue weighted by molar-refractivity contribution is 0.174. The maximum absolute atomic E-state index is 12.7. The van der Waals surface area contributed by atoms with Gasteiger partial charge in [-0.1, -0.05) is 48.5 Å². The first-order valence-electron chi connectivity index (χ1n) is 8.98. The number of urea groups is 1. The van der Waals surface area contributed by atoms with Gasteiger partial charge in [-0.2, -0.15) is 0 Å². The van der Waals surface area contributed by atoms with Crippen LogP contribution in [-0.2, 0) is 29.5 Å². The molecule has 27 heavy (non-hydrogen) atoms. The second-order valence-corrected chi connectivity index (χ2v) is 8.72. The second kappa shape index (κ2) is 8.10. The number of amides is 2. The first-order chi connectivity index (χ1) is 12.8. The Balaban J connectivity index is 1.60. The van der Waals surface area contributed by atoms with Crippen LogP contribution < -0.4 is 10.0 Å². The average Bonchev–Trinajstić information content (AvgIpc) is 2.65. The number of sulfonamides is 1. The highest BCUT2D eigenvalue weighted by Crippen LogP contribution is 2.28. The lowest BCUT2D eigenvalue weighted by Crippen LogP contribution is -2.44. The van der Waals surface area contributed by atoms with E-state index >= 15 is 0 Å². The number of rotatable bonds is 5. The van der Waals surface area contributed by atoms with Gasteiger partial charge >= 0.3 is 6.03 Å². The van der Waals surface area contributed by atoms with E-state index in [1.165, 1.54) is 11.1 Å². The van der Waals surface area contributed by atoms with E-state index in [1.807, 2.05) is 41.3 Å². The Bertz CT molecular complexity index is 928. The van der Waals surface area contributed by atoms with Crippen molar-refractivity contribution in [3.05, 3.63) is 70.8 Å². The molecule has 0 aliphatic carbocycles. The summed E-state index contributed by atoms with van der Waals surface area (Å²) in [5.41, 5.74) is 4.29. The van der Waals surface area contributed by atoms with E-state index in [4.69, 9.17) is 0 Å². The lowest BCUT2D eigenvalue weighted by atomic mass is 9.94. The molecule has 0 saturated carbocycles. The second-order valence-electron chi connectivity index (χ2n) is 6.89. The van der Waals surface area contributed by atoms with Gasteiger partial charge in [0.25, 0.3) is 0 Å². The Kier molecular flexibility index (Phi) is 5.82. The van der Waals surface area contributed by atoms with Crippen molar-refractivity contribution in [2.45, 2.75) is 32.5 Å². The minimum absolute atomic E-state index is 0.0419. The molecule has 0 aromatic heterocycles. The summed E-state index contributed by atoms with van der Waals surface area (Å²) in [4.78, 5) is 14.5. The number of hydrogen-bond acceptors (Lipinski definition) is 3.